The van der Waals surface area contributed by atoms with Gasteiger partial charge in [0.1, 0.15) is 0 Å². The molecule has 0 unspecified atom stereocenters. The topological polar surface area (TPSA) is 91.0 Å². The van der Waals surface area contributed by atoms with Crippen molar-refractivity contribution >= 4 is 5.69 Å². The van der Waals surface area contributed by atoms with Crippen molar-refractivity contribution in [3.63, 3.8) is 0 Å². The second kappa shape index (κ2) is 3.32. The molecule has 1 heterocycles. The van der Waals surface area contributed by atoms with Gasteiger partial charge in [0.15, 0.2) is 0 Å². The molecule has 0 aliphatic heterocycles. The lowest BCUT2D eigenvalue weighted by molar-refractivity contribution is 0.714. The van der Waals surface area contributed by atoms with Crippen LogP contribution >= 0.6 is 0 Å². The van der Waals surface area contributed by atoms with E-state index in [1.165, 1.54) is 0 Å². The lowest BCUT2D eigenvalue weighted by Crippen LogP contribution is -2.22. The number of pyridine rings is 1. The minimum absolute atomic E-state index is 0.254. The van der Waals surface area contributed by atoms with Gasteiger partial charge in [-0.15, -0.1) is 0 Å². The third-order valence-electron chi connectivity index (χ3n) is 1.48. The predicted molar refractivity (Wildman–Crippen MR) is 44.6 cm³/mol. The molecule has 0 saturated heterocycles. The fourth-order valence-corrected chi connectivity index (χ4v) is 0.851. The number of rotatable bonds is 2. The molecule has 1 rings (SSSR count). The summed E-state index contributed by atoms with van der Waals surface area (Å²) < 4.78 is 0. The number of hydrogen-bond donors (Lipinski definition) is 3. The minimum Gasteiger partial charge on any atom is -0.397 e. The molecule has 0 amide bonds. The fraction of sp³-hybridized carbons (Fsp3) is 0.286. The van der Waals surface area contributed by atoms with Crippen LogP contribution in [0.1, 0.15) is 11.7 Å². The summed E-state index contributed by atoms with van der Waals surface area (Å²) in [6.45, 7) is 0.362. The van der Waals surface area contributed by atoms with E-state index in [0.29, 0.717) is 17.9 Å². The quantitative estimate of drug-likeness (QED) is 0.539. The summed E-state index contributed by atoms with van der Waals surface area (Å²) in [5, 5.41) is 0. The maximum atomic E-state index is 5.63. The van der Waals surface area contributed by atoms with Crippen LogP contribution in [0.3, 0.4) is 0 Å². The van der Waals surface area contributed by atoms with Gasteiger partial charge in [0.05, 0.1) is 17.4 Å². The Morgan fingerprint density at radius 3 is 2.82 bits per heavy atom. The average Bonchev–Trinajstić information content (AvgIpc) is 2.04. The van der Waals surface area contributed by atoms with Gasteiger partial charge in [0, 0.05) is 12.7 Å². The molecule has 6 N–H and O–H groups in total. The van der Waals surface area contributed by atoms with Crippen LogP contribution in [0.15, 0.2) is 18.3 Å². The molecule has 0 bridgehead atoms. The van der Waals surface area contributed by atoms with Crippen LogP contribution in [-0.4, -0.2) is 11.5 Å². The van der Waals surface area contributed by atoms with Crippen molar-refractivity contribution in [2.75, 3.05) is 12.3 Å². The molecule has 0 spiro atoms. The van der Waals surface area contributed by atoms with E-state index in [2.05, 4.69) is 4.98 Å². The molecule has 0 radical (unpaired) electrons. The van der Waals surface area contributed by atoms with Crippen LogP contribution in [-0.2, 0) is 0 Å². The number of anilines is 1. The largest absolute Gasteiger partial charge is 0.397 e. The highest BCUT2D eigenvalue weighted by Gasteiger charge is 2.07. The van der Waals surface area contributed by atoms with Gasteiger partial charge in [-0.1, -0.05) is 0 Å². The second-order valence-electron chi connectivity index (χ2n) is 2.32. The normalized spacial score (nSPS) is 12.9. The van der Waals surface area contributed by atoms with Gasteiger partial charge in [-0.2, -0.15) is 0 Å². The lowest BCUT2D eigenvalue weighted by Gasteiger charge is -2.09. The van der Waals surface area contributed by atoms with E-state index in [0.717, 1.165) is 0 Å². The Morgan fingerprint density at radius 1 is 1.55 bits per heavy atom. The van der Waals surface area contributed by atoms with E-state index >= 15 is 0 Å². The molecule has 11 heavy (non-hydrogen) atoms. The summed E-state index contributed by atoms with van der Waals surface area (Å²) in [6.07, 6.45) is 1.65. The molecule has 1 atom stereocenters. The molecule has 60 valence electrons. The molecule has 1 aromatic rings. The predicted octanol–water partition coefficient (Wildman–Crippen LogP) is -0.378. The van der Waals surface area contributed by atoms with Crippen molar-refractivity contribution in [3.8, 4) is 0 Å². The van der Waals surface area contributed by atoms with E-state index in [1.807, 2.05) is 0 Å². The van der Waals surface area contributed by atoms with Crippen molar-refractivity contribution in [2.24, 2.45) is 11.5 Å². The third kappa shape index (κ3) is 1.66. The molecule has 1 aromatic heterocycles. The maximum Gasteiger partial charge on any atom is 0.0812 e. The summed E-state index contributed by atoms with van der Waals surface area (Å²) in [4.78, 5) is 4.02. The monoisotopic (exact) mass is 152 g/mol. The highest BCUT2D eigenvalue weighted by molar-refractivity contribution is 5.43. The Hall–Kier alpha value is -1.13. The SMILES string of the molecule is NC[C@H](N)c1ncccc1N. The highest BCUT2D eigenvalue weighted by atomic mass is 14.8. The van der Waals surface area contributed by atoms with E-state index in [1.54, 1.807) is 18.3 Å². The Kier molecular flexibility index (Phi) is 2.40. The van der Waals surface area contributed by atoms with Crippen LogP contribution < -0.4 is 17.2 Å². The van der Waals surface area contributed by atoms with Gasteiger partial charge in [-0.25, -0.2) is 0 Å². The summed E-state index contributed by atoms with van der Waals surface area (Å²) in [5.41, 5.74) is 17.9. The Labute approximate surface area is 65.4 Å². The molecule has 4 heteroatoms. The first kappa shape index (κ1) is 7.97. The van der Waals surface area contributed by atoms with Gasteiger partial charge in [-0.3, -0.25) is 4.98 Å². The summed E-state index contributed by atoms with van der Waals surface area (Å²) >= 11 is 0. The van der Waals surface area contributed by atoms with Crippen molar-refractivity contribution in [3.05, 3.63) is 24.0 Å². The zero-order valence-corrected chi connectivity index (χ0v) is 6.20. The van der Waals surface area contributed by atoms with Gasteiger partial charge in [0.2, 0.25) is 0 Å². The standard InChI is InChI=1S/C7H12N4/c8-4-6(10)7-5(9)2-1-3-11-7/h1-3,6H,4,8-10H2/t6-/m0/s1. The zero-order valence-electron chi connectivity index (χ0n) is 6.20. The van der Waals surface area contributed by atoms with Gasteiger partial charge < -0.3 is 17.2 Å². The molecular weight excluding hydrogens is 140 g/mol. The number of hydrogen-bond acceptors (Lipinski definition) is 4. The fourth-order valence-electron chi connectivity index (χ4n) is 0.851. The number of aromatic nitrogens is 1. The smallest absolute Gasteiger partial charge is 0.0812 e. The van der Waals surface area contributed by atoms with E-state index in [4.69, 9.17) is 17.2 Å². The maximum absolute atomic E-state index is 5.63. The minimum atomic E-state index is -0.254. The number of nitrogen functional groups attached to an aromatic ring is 1. The molecular formula is C7H12N4. The van der Waals surface area contributed by atoms with E-state index < -0.39 is 0 Å². The van der Waals surface area contributed by atoms with Crippen LogP contribution in [0, 0.1) is 0 Å². The second-order valence-corrected chi connectivity index (χ2v) is 2.32. The summed E-state index contributed by atoms with van der Waals surface area (Å²) in [6, 6.07) is 3.27. The first-order chi connectivity index (χ1) is 5.25. The number of nitrogens with zero attached hydrogens (tertiary/aromatic N) is 1. The van der Waals surface area contributed by atoms with Crippen molar-refractivity contribution in [1.29, 1.82) is 0 Å². The first-order valence-corrected chi connectivity index (χ1v) is 3.41. The summed E-state index contributed by atoms with van der Waals surface area (Å²) in [5.74, 6) is 0. The van der Waals surface area contributed by atoms with Gasteiger partial charge in [0.25, 0.3) is 0 Å². The third-order valence-corrected chi connectivity index (χ3v) is 1.48. The van der Waals surface area contributed by atoms with Gasteiger partial charge in [-0.05, 0) is 12.1 Å². The first-order valence-electron chi connectivity index (χ1n) is 3.41. The van der Waals surface area contributed by atoms with Crippen LogP contribution in [0.5, 0.6) is 0 Å². The van der Waals surface area contributed by atoms with E-state index in [9.17, 15) is 0 Å². The van der Waals surface area contributed by atoms with Gasteiger partial charge >= 0.3 is 0 Å². The Balaban J connectivity index is 2.93. The van der Waals surface area contributed by atoms with Crippen LogP contribution in [0.4, 0.5) is 5.69 Å². The lowest BCUT2D eigenvalue weighted by atomic mass is 10.2. The van der Waals surface area contributed by atoms with Crippen LogP contribution in [0.25, 0.3) is 0 Å². The Bertz CT molecular complexity index is 236. The molecule has 0 aliphatic carbocycles. The molecule has 0 fully saturated rings. The molecule has 0 aliphatic rings. The van der Waals surface area contributed by atoms with Crippen LogP contribution in [0.2, 0.25) is 0 Å². The van der Waals surface area contributed by atoms with Crippen molar-refractivity contribution < 1.29 is 0 Å². The summed E-state index contributed by atoms with van der Waals surface area (Å²) in [7, 11) is 0. The van der Waals surface area contributed by atoms with E-state index in [-0.39, 0.29) is 6.04 Å². The molecule has 0 aromatic carbocycles. The molecule has 4 nitrogen and oxygen atoms in total. The van der Waals surface area contributed by atoms with Crippen molar-refractivity contribution in [2.45, 2.75) is 6.04 Å². The van der Waals surface area contributed by atoms with Crippen molar-refractivity contribution in [1.82, 2.24) is 4.98 Å². The molecule has 0 saturated carbocycles. The zero-order chi connectivity index (χ0) is 8.27. The average molecular weight is 152 g/mol. The number of nitrogens with two attached hydrogens (primary N) is 3. The Morgan fingerprint density at radius 2 is 2.27 bits per heavy atom. The highest BCUT2D eigenvalue weighted by Crippen LogP contribution is 2.12.